The first-order valence-electron chi connectivity index (χ1n) is 9.68. The molecule has 0 spiro atoms. The smallest absolute Gasteiger partial charge is 0.433 e. The minimum atomic E-state index is -4.71. The Bertz CT molecular complexity index is 1110. The number of likely N-dealkylation sites (tertiary alicyclic amines) is 1. The third kappa shape index (κ3) is 4.19. The predicted octanol–water partition coefficient (Wildman–Crippen LogP) is 4.39. The lowest BCUT2D eigenvalue weighted by Gasteiger charge is -2.33. The number of aromatic nitrogens is 3. The minimum absolute atomic E-state index is 0.0903. The van der Waals surface area contributed by atoms with Crippen LogP contribution < -0.4 is 4.74 Å². The highest BCUT2D eigenvalue weighted by atomic mass is 19.4. The van der Waals surface area contributed by atoms with Crippen molar-refractivity contribution in [1.82, 2.24) is 19.5 Å². The van der Waals surface area contributed by atoms with E-state index in [9.17, 15) is 22.4 Å². The fourth-order valence-corrected chi connectivity index (χ4v) is 3.53. The average Bonchev–Trinajstić information content (AvgIpc) is 3.16. The molecular formula is C21H20F4N4O2. The van der Waals surface area contributed by atoms with E-state index in [4.69, 9.17) is 4.74 Å². The number of fused-ring (bicyclic) bond motifs is 1. The molecule has 0 bridgehead atoms. The van der Waals surface area contributed by atoms with Crippen LogP contribution in [0.25, 0.3) is 16.9 Å². The van der Waals surface area contributed by atoms with E-state index in [-0.39, 0.29) is 43.0 Å². The molecule has 1 fully saturated rings. The molecule has 31 heavy (non-hydrogen) atoms. The van der Waals surface area contributed by atoms with Gasteiger partial charge in [0.15, 0.2) is 17.0 Å². The number of carbonyl (C=O) groups excluding carboxylic acids is 1. The van der Waals surface area contributed by atoms with Crippen molar-refractivity contribution in [3.8, 4) is 17.0 Å². The van der Waals surface area contributed by atoms with Crippen LogP contribution in [-0.4, -0.2) is 51.3 Å². The molecule has 3 heterocycles. The zero-order valence-corrected chi connectivity index (χ0v) is 16.9. The molecule has 4 rings (SSSR count). The Morgan fingerprint density at radius 2 is 1.77 bits per heavy atom. The number of ether oxygens (including phenoxy) is 1. The summed E-state index contributed by atoms with van der Waals surface area (Å²) in [5.41, 5.74) is -2.11. The summed E-state index contributed by atoms with van der Waals surface area (Å²) < 4.78 is 60.9. The summed E-state index contributed by atoms with van der Waals surface area (Å²) in [5.74, 6) is 0.0177. The number of alkyl halides is 4. The molecule has 10 heteroatoms. The Labute approximate surface area is 175 Å². The van der Waals surface area contributed by atoms with E-state index in [0.717, 1.165) is 6.07 Å². The van der Waals surface area contributed by atoms with Crippen LogP contribution in [0.15, 0.2) is 36.4 Å². The molecule has 6 nitrogen and oxygen atoms in total. The highest BCUT2D eigenvalue weighted by Crippen LogP contribution is 2.33. The maximum absolute atomic E-state index is 14.0. The second-order valence-corrected chi connectivity index (χ2v) is 7.76. The van der Waals surface area contributed by atoms with Crippen LogP contribution in [0, 0.1) is 0 Å². The Hall–Kier alpha value is -3.17. The summed E-state index contributed by atoms with van der Waals surface area (Å²) in [6, 6.07) is 8.56. The monoisotopic (exact) mass is 436 g/mol. The number of methoxy groups -OCH3 is 1. The van der Waals surface area contributed by atoms with E-state index >= 15 is 0 Å². The molecule has 2 aromatic heterocycles. The van der Waals surface area contributed by atoms with Gasteiger partial charge in [0, 0.05) is 24.7 Å². The summed E-state index contributed by atoms with van der Waals surface area (Å²) >= 11 is 0. The fourth-order valence-electron chi connectivity index (χ4n) is 3.53. The molecule has 1 aliphatic heterocycles. The fraction of sp³-hybridized carbons (Fsp3) is 0.381. The van der Waals surface area contributed by atoms with Crippen LogP contribution in [0.5, 0.6) is 5.75 Å². The molecule has 3 aromatic rings. The molecule has 0 atom stereocenters. The first kappa shape index (κ1) is 21.1. The lowest BCUT2D eigenvalue weighted by atomic mass is 9.95. The topological polar surface area (TPSA) is 59.7 Å². The second kappa shape index (κ2) is 7.51. The number of amides is 1. The molecular weight excluding hydrogens is 416 g/mol. The molecule has 1 saturated heterocycles. The van der Waals surface area contributed by atoms with Gasteiger partial charge in [-0.2, -0.15) is 18.3 Å². The van der Waals surface area contributed by atoms with Crippen LogP contribution in [0.1, 0.15) is 35.9 Å². The zero-order valence-electron chi connectivity index (χ0n) is 16.9. The first-order chi connectivity index (χ1) is 14.6. The Balaban J connectivity index is 1.74. The third-order valence-electron chi connectivity index (χ3n) is 5.42. The largest absolute Gasteiger partial charge is 0.497 e. The van der Waals surface area contributed by atoms with Crippen molar-refractivity contribution in [2.24, 2.45) is 0 Å². The van der Waals surface area contributed by atoms with Gasteiger partial charge in [-0.3, -0.25) is 4.79 Å². The first-order valence-corrected chi connectivity index (χ1v) is 9.68. The number of rotatable bonds is 3. The SMILES string of the molecule is COc1ccc(-c2cc(C(F)(F)F)n3nc(C(=O)N4CCC(C)(F)CC4)cc3n2)cc1. The Kier molecular flexibility index (Phi) is 5.10. The molecule has 1 aliphatic rings. The number of hydrogen-bond donors (Lipinski definition) is 0. The van der Waals surface area contributed by atoms with E-state index in [1.165, 1.54) is 25.0 Å². The van der Waals surface area contributed by atoms with Gasteiger partial charge in [0.05, 0.1) is 12.8 Å². The molecule has 0 aliphatic carbocycles. The van der Waals surface area contributed by atoms with E-state index in [2.05, 4.69) is 10.1 Å². The molecule has 0 radical (unpaired) electrons. The van der Waals surface area contributed by atoms with Crippen molar-refractivity contribution in [2.45, 2.75) is 31.6 Å². The summed E-state index contributed by atoms with van der Waals surface area (Å²) in [6.07, 6.45) is -4.38. The highest BCUT2D eigenvalue weighted by molar-refractivity contribution is 5.93. The van der Waals surface area contributed by atoms with Gasteiger partial charge >= 0.3 is 6.18 Å². The number of benzene rings is 1. The van der Waals surface area contributed by atoms with Crippen LogP contribution in [0.2, 0.25) is 0 Å². The van der Waals surface area contributed by atoms with Gasteiger partial charge in [-0.25, -0.2) is 13.9 Å². The van der Waals surface area contributed by atoms with Gasteiger partial charge in [0.1, 0.15) is 11.4 Å². The van der Waals surface area contributed by atoms with Gasteiger partial charge in [-0.1, -0.05) is 0 Å². The lowest BCUT2D eigenvalue weighted by molar-refractivity contribution is -0.142. The summed E-state index contributed by atoms with van der Waals surface area (Å²) in [5, 5.41) is 3.88. The summed E-state index contributed by atoms with van der Waals surface area (Å²) in [6.45, 7) is 1.83. The summed E-state index contributed by atoms with van der Waals surface area (Å²) in [4.78, 5) is 18.5. The van der Waals surface area contributed by atoms with Crippen molar-refractivity contribution in [1.29, 1.82) is 0 Å². The zero-order chi connectivity index (χ0) is 22.4. The van der Waals surface area contributed by atoms with Crippen molar-refractivity contribution < 1.29 is 27.1 Å². The van der Waals surface area contributed by atoms with Crippen molar-refractivity contribution in [3.05, 3.63) is 47.8 Å². The van der Waals surface area contributed by atoms with Gasteiger partial charge in [0.25, 0.3) is 5.91 Å². The third-order valence-corrected chi connectivity index (χ3v) is 5.42. The number of nitrogens with zero attached hydrogens (tertiary/aromatic N) is 4. The Morgan fingerprint density at radius 1 is 1.13 bits per heavy atom. The second-order valence-electron chi connectivity index (χ2n) is 7.76. The van der Waals surface area contributed by atoms with Crippen LogP contribution in [0.3, 0.4) is 0 Å². The van der Waals surface area contributed by atoms with E-state index in [1.54, 1.807) is 24.3 Å². The number of hydrogen-bond acceptors (Lipinski definition) is 4. The molecule has 0 saturated carbocycles. The van der Waals surface area contributed by atoms with Gasteiger partial charge in [-0.15, -0.1) is 0 Å². The molecule has 0 N–H and O–H groups in total. The van der Waals surface area contributed by atoms with Crippen LogP contribution in [-0.2, 0) is 6.18 Å². The molecule has 0 unspecified atom stereocenters. The van der Waals surface area contributed by atoms with Crippen molar-refractivity contribution in [2.75, 3.05) is 20.2 Å². The van der Waals surface area contributed by atoms with Crippen molar-refractivity contribution in [3.63, 3.8) is 0 Å². The lowest BCUT2D eigenvalue weighted by Crippen LogP contribution is -2.43. The number of piperidine rings is 1. The van der Waals surface area contributed by atoms with Gasteiger partial charge in [0.2, 0.25) is 0 Å². The highest BCUT2D eigenvalue weighted by Gasteiger charge is 2.37. The van der Waals surface area contributed by atoms with E-state index < -0.39 is 23.4 Å². The normalized spacial score (nSPS) is 16.5. The van der Waals surface area contributed by atoms with Crippen LogP contribution >= 0.6 is 0 Å². The van der Waals surface area contributed by atoms with Gasteiger partial charge in [-0.05, 0) is 50.1 Å². The molecule has 1 aromatic carbocycles. The van der Waals surface area contributed by atoms with E-state index in [1.807, 2.05) is 0 Å². The standard InChI is InChI=1S/C21H20F4N4O2/c1-20(22)7-9-28(10-8-20)19(30)16-12-18-26-15(13-3-5-14(31-2)6-4-13)11-17(21(23,24)25)29(18)27-16/h3-6,11-12H,7-10H2,1-2H3. The molecule has 1 amide bonds. The van der Waals surface area contributed by atoms with Crippen molar-refractivity contribution >= 4 is 11.6 Å². The minimum Gasteiger partial charge on any atom is -0.497 e. The van der Waals surface area contributed by atoms with E-state index in [0.29, 0.717) is 15.8 Å². The van der Waals surface area contributed by atoms with Crippen LogP contribution in [0.4, 0.5) is 17.6 Å². The molecule has 164 valence electrons. The quantitative estimate of drug-likeness (QED) is 0.572. The maximum Gasteiger partial charge on any atom is 0.433 e. The summed E-state index contributed by atoms with van der Waals surface area (Å²) in [7, 11) is 1.49. The maximum atomic E-state index is 14.0. The number of halogens is 4. The number of carbonyl (C=O) groups is 1. The average molecular weight is 436 g/mol. The Morgan fingerprint density at radius 3 is 2.35 bits per heavy atom. The predicted molar refractivity (Wildman–Crippen MR) is 105 cm³/mol. The van der Waals surface area contributed by atoms with Gasteiger partial charge < -0.3 is 9.64 Å².